The highest BCUT2D eigenvalue weighted by Gasteiger charge is 2.49. The summed E-state index contributed by atoms with van der Waals surface area (Å²) in [5.41, 5.74) is 3.87. The van der Waals surface area contributed by atoms with Crippen LogP contribution in [0.5, 0.6) is 0 Å². The first-order chi connectivity index (χ1) is 10.8. The van der Waals surface area contributed by atoms with Crippen molar-refractivity contribution in [2.75, 3.05) is 0 Å². The number of nitrogens with zero attached hydrogens (tertiary/aromatic N) is 2. The SMILES string of the molecule is CC/C=C(C)/C=N/N1[C@@H](c2ccccc2)[C@@H]1c1ccccc1. The first kappa shape index (κ1) is 14.6. The van der Waals surface area contributed by atoms with Gasteiger partial charge in [-0.25, -0.2) is 0 Å². The molecule has 1 fully saturated rings. The summed E-state index contributed by atoms with van der Waals surface area (Å²) in [5.74, 6) is 0. The fourth-order valence-corrected chi connectivity index (χ4v) is 2.87. The van der Waals surface area contributed by atoms with Crippen LogP contribution in [-0.2, 0) is 0 Å². The van der Waals surface area contributed by atoms with Gasteiger partial charge in [0.15, 0.2) is 0 Å². The van der Waals surface area contributed by atoms with Gasteiger partial charge in [0.25, 0.3) is 0 Å². The summed E-state index contributed by atoms with van der Waals surface area (Å²) in [4.78, 5) is 0. The van der Waals surface area contributed by atoms with Crippen molar-refractivity contribution in [3.05, 3.63) is 83.4 Å². The molecule has 0 bridgehead atoms. The van der Waals surface area contributed by atoms with Crippen molar-refractivity contribution in [2.24, 2.45) is 5.10 Å². The van der Waals surface area contributed by atoms with E-state index in [1.54, 1.807) is 0 Å². The molecule has 1 heterocycles. The second kappa shape index (κ2) is 6.61. The lowest BCUT2D eigenvalue weighted by atomic mass is 10.0. The monoisotopic (exact) mass is 290 g/mol. The third kappa shape index (κ3) is 3.11. The van der Waals surface area contributed by atoms with Crippen molar-refractivity contribution in [2.45, 2.75) is 32.4 Å². The van der Waals surface area contributed by atoms with E-state index in [0.29, 0.717) is 12.1 Å². The van der Waals surface area contributed by atoms with Gasteiger partial charge in [-0.05, 0) is 30.0 Å². The van der Waals surface area contributed by atoms with Gasteiger partial charge in [-0.15, -0.1) is 0 Å². The van der Waals surface area contributed by atoms with E-state index in [1.165, 1.54) is 16.7 Å². The van der Waals surface area contributed by atoms with Gasteiger partial charge in [0.2, 0.25) is 0 Å². The molecule has 2 atom stereocenters. The molecule has 0 spiro atoms. The molecule has 0 amide bonds. The minimum absolute atomic E-state index is 0.342. The zero-order valence-electron chi connectivity index (χ0n) is 13.2. The van der Waals surface area contributed by atoms with E-state index in [1.807, 2.05) is 6.21 Å². The van der Waals surface area contributed by atoms with Crippen LogP contribution in [-0.4, -0.2) is 11.2 Å². The zero-order chi connectivity index (χ0) is 15.4. The lowest BCUT2D eigenvalue weighted by molar-refractivity contribution is 0.524. The summed E-state index contributed by atoms with van der Waals surface area (Å²) in [6.07, 6.45) is 5.21. The minimum Gasteiger partial charge on any atom is -0.277 e. The van der Waals surface area contributed by atoms with Crippen LogP contribution in [0.1, 0.15) is 43.5 Å². The third-order valence-corrected chi connectivity index (χ3v) is 3.98. The number of hydrogen-bond acceptors (Lipinski definition) is 2. The van der Waals surface area contributed by atoms with Crippen molar-refractivity contribution >= 4 is 6.21 Å². The fourth-order valence-electron chi connectivity index (χ4n) is 2.87. The van der Waals surface area contributed by atoms with Crippen LogP contribution in [0, 0.1) is 0 Å². The summed E-state index contributed by atoms with van der Waals surface area (Å²) in [7, 11) is 0. The molecule has 2 heteroatoms. The molecule has 0 radical (unpaired) electrons. The molecule has 0 aromatic heterocycles. The Morgan fingerprint density at radius 2 is 1.45 bits per heavy atom. The average molecular weight is 290 g/mol. The Balaban J connectivity index is 1.85. The molecule has 112 valence electrons. The second-order valence-electron chi connectivity index (χ2n) is 5.69. The molecule has 1 aliphatic rings. The van der Waals surface area contributed by atoms with Gasteiger partial charge in [-0.1, -0.05) is 73.7 Å². The van der Waals surface area contributed by atoms with Crippen LogP contribution in [0.25, 0.3) is 0 Å². The average Bonchev–Trinajstić information content (AvgIpc) is 3.29. The van der Waals surface area contributed by atoms with Crippen molar-refractivity contribution in [1.82, 2.24) is 5.01 Å². The van der Waals surface area contributed by atoms with E-state index >= 15 is 0 Å². The Bertz CT molecular complexity index is 613. The Labute approximate surface area is 132 Å². The lowest BCUT2D eigenvalue weighted by Gasteiger charge is -1.99. The van der Waals surface area contributed by atoms with Gasteiger partial charge in [0, 0.05) is 6.21 Å². The first-order valence-corrected chi connectivity index (χ1v) is 7.90. The molecule has 0 N–H and O–H groups in total. The zero-order valence-corrected chi connectivity index (χ0v) is 13.2. The van der Waals surface area contributed by atoms with E-state index in [2.05, 4.69) is 85.6 Å². The summed E-state index contributed by atoms with van der Waals surface area (Å²) >= 11 is 0. The number of hydrazone groups is 1. The maximum absolute atomic E-state index is 4.71. The quantitative estimate of drug-likeness (QED) is 0.550. The Hall–Kier alpha value is -2.35. The first-order valence-electron chi connectivity index (χ1n) is 7.90. The Morgan fingerprint density at radius 3 is 1.91 bits per heavy atom. The third-order valence-electron chi connectivity index (χ3n) is 3.98. The van der Waals surface area contributed by atoms with Crippen molar-refractivity contribution in [3.8, 4) is 0 Å². The predicted octanol–water partition coefficient (Wildman–Crippen LogP) is 5.13. The van der Waals surface area contributed by atoms with Gasteiger partial charge < -0.3 is 0 Å². The largest absolute Gasteiger partial charge is 0.277 e. The molecule has 3 rings (SSSR count). The van der Waals surface area contributed by atoms with Gasteiger partial charge in [0.05, 0.1) is 12.1 Å². The van der Waals surface area contributed by atoms with Crippen LogP contribution >= 0.6 is 0 Å². The second-order valence-corrected chi connectivity index (χ2v) is 5.69. The molecule has 2 aromatic carbocycles. The van der Waals surface area contributed by atoms with Crippen molar-refractivity contribution in [3.63, 3.8) is 0 Å². The number of rotatable bonds is 5. The molecule has 0 unspecified atom stereocenters. The molecule has 2 nitrogen and oxygen atoms in total. The predicted molar refractivity (Wildman–Crippen MR) is 92.7 cm³/mol. The van der Waals surface area contributed by atoms with Crippen LogP contribution in [0.15, 0.2) is 77.4 Å². The van der Waals surface area contributed by atoms with Gasteiger partial charge in [0.1, 0.15) is 0 Å². The molecular weight excluding hydrogens is 268 g/mol. The highest BCUT2D eigenvalue weighted by Crippen LogP contribution is 2.54. The van der Waals surface area contributed by atoms with Gasteiger partial charge in [-0.2, -0.15) is 5.10 Å². The van der Waals surface area contributed by atoms with E-state index in [4.69, 9.17) is 5.10 Å². The van der Waals surface area contributed by atoms with Crippen LogP contribution < -0.4 is 0 Å². The van der Waals surface area contributed by atoms with Crippen molar-refractivity contribution < 1.29 is 0 Å². The normalized spacial score (nSPS) is 21.4. The smallest absolute Gasteiger partial charge is 0.0990 e. The Kier molecular flexibility index (Phi) is 4.38. The van der Waals surface area contributed by atoms with Gasteiger partial charge >= 0.3 is 0 Å². The molecule has 0 saturated carbocycles. The standard InChI is InChI=1S/C20H22N2/c1-3-10-16(2)15-21-22-19(17-11-6-4-7-12-17)20(22)18-13-8-5-9-14-18/h4-15,19-20H,3H2,1-2H3/b16-10+,21-15+/t19-,20-/m0/s1. The highest BCUT2D eigenvalue weighted by molar-refractivity contribution is 5.77. The molecular formula is C20H22N2. The van der Waals surface area contributed by atoms with Crippen LogP contribution in [0.4, 0.5) is 0 Å². The maximum atomic E-state index is 4.71. The molecule has 22 heavy (non-hydrogen) atoms. The van der Waals surface area contributed by atoms with Crippen LogP contribution in [0.2, 0.25) is 0 Å². The molecule has 1 saturated heterocycles. The topological polar surface area (TPSA) is 15.4 Å². The number of allylic oxidation sites excluding steroid dienone is 2. The van der Waals surface area contributed by atoms with Crippen LogP contribution in [0.3, 0.4) is 0 Å². The maximum Gasteiger partial charge on any atom is 0.0990 e. The summed E-state index contributed by atoms with van der Waals surface area (Å²) < 4.78 is 0. The minimum atomic E-state index is 0.342. The van der Waals surface area contributed by atoms with Gasteiger partial charge in [-0.3, -0.25) is 5.01 Å². The summed E-state index contributed by atoms with van der Waals surface area (Å²) in [6, 6.07) is 21.9. The molecule has 2 aromatic rings. The molecule has 0 aliphatic carbocycles. The Morgan fingerprint density at radius 1 is 0.955 bits per heavy atom. The van der Waals surface area contributed by atoms with E-state index in [9.17, 15) is 0 Å². The van der Waals surface area contributed by atoms with E-state index < -0.39 is 0 Å². The molecule has 1 aliphatic heterocycles. The fraction of sp³-hybridized carbons (Fsp3) is 0.250. The van der Waals surface area contributed by atoms with Crippen molar-refractivity contribution in [1.29, 1.82) is 0 Å². The van der Waals surface area contributed by atoms with E-state index in [0.717, 1.165) is 6.42 Å². The number of benzene rings is 2. The highest BCUT2D eigenvalue weighted by atomic mass is 15.6. The summed E-state index contributed by atoms with van der Waals surface area (Å²) in [6.45, 7) is 4.25. The lowest BCUT2D eigenvalue weighted by Crippen LogP contribution is -1.91. The van der Waals surface area contributed by atoms with E-state index in [-0.39, 0.29) is 0 Å². The summed E-state index contributed by atoms with van der Waals surface area (Å²) in [5, 5.41) is 6.90. The number of hydrogen-bond donors (Lipinski definition) is 0.